The van der Waals surface area contributed by atoms with E-state index in [1.807, 2.05) is 16.9 Å². The molecule has 17 heavy (non-hydrogen) atoms. The van der Waals surface area contributed by atoms with Crippen LogP contribution in [0.3, 0.4) is 0 Å². The minimum Gasteiger partial charge on any atom is -0.377 e. The molecule has 0 aromatic carbocycles. The van der Waals surface area contributed by atoms with E-state index < -0.39 is 5.38 Å². The zero-order valence-corrected chi connectivity index (χ0v) is 10.5. The van der Waals surface area contributed by atoms with E-state index in [1.54, 1.807) is 18.0 Å². The Balaban J connectivity index is 2.07. The highest BCUT2D eigenvalue weighted by molar-refractivity contribution is 6.30. The number of alkyl halides is 1. The molecule has 1 fully saturated rings. The Morgan fingerprint density at radius 2 is 2.47 bits per heavy atom. The lowest BCUT2D eigenvalue weighted by Crippen LogP contribution is -2.40. The van der Waals surface area contributed by atoms with Gasteiger partial charge in [-0.05, 0) is 13.0 Å². The van der Waals surface area contributed by atoms with Crippen molar-refractivity contribution in [3.05, 3.63) is 18.5 Å². The maximum atomic E-state index is 11.9. The summed E-state index contributed by atoms with van der Waals surface area (Å²) in [6, 6.07) is 1.92. The van der Waals surface area contributed by atoms with E-state index in [4.69, 9.17) is 16.3 Å². The molecule has 94 valence electrons. The Hall–Kier alpha value is -1.07. The fourth-order valence-corrected chi connectivity index (χ4v) is 2.04. The Morgan fingerprint density at radius 1 is 1.65 bits per heavy atom. The van der Waals surface area contributed by atoms with Gasteiger partial charge in [0.2, 0.25) is 5.91 Å². The number of hydrogen-bond donors (Lipinski definition) is 0. The number of ether oxygens (including phenoxy) is 1. The van der Waals surface area contributed by atoms with Gasteiger partial charge in [-0.25, -0.2) is 0 Å². The predicted molar refractivity (Wildman–Crippen MR) is 64.0 cm³/mol. The van der Waals surface area contributed by atoms with E-state index in [9.17, 15) is 4.79 Å². The van der Waals surface area contributed by atoms with Gasteiger partial charge in [0.05, 0.1) is 19.3 Å². The molecule has 0 radical (unpaired) electrons. The quantitative estimate of drug-likeness (QED) is 0.740. The van der Waals surface area contributed by atoms with Gasteiger partial charge in [0.15, 0.2) is 0 Å². The molecule has 1 aliphatic rings. The van der Waals surface area contributed by atoms with Crippen LogP contribution in [0.5, 0.6) is 0 Å². The summed E-state index contributed by atoms with van der Waals surface area (Å²) in [7, 11) is 0. The number of halogens is 1. The molecule has 0 aliphatic carbocycles. The third kappa shape index (κ3) is 2.98. The van der Waals surface area contributed by atoms with Crippen LogP contribution in [0, 0.1) is 0 Å². The Morgan fingerprint density at radius 3 is 3.12 bits per heavy atom. The van der Waals surface area contributed by atoms with Crippen molar-refractivity contribution < 1.29 is 9.53 Å². The van der Waals surface area contributed by atoms with Gasteiger partial charge < -0.3 is 9.64 Å². The molecule has 5 nitrogen and oxygen atoms in total. The summed E-state index contributed by atoms with van der Waals surface area (Å²) in [6.07, 6.45) is 3.60. The normalized spacial score (nSPS) is 23.2. The van der Waals surface area contributed by atoms with Gasteiger partial charge in [0, 0.05) is 25.5 Å². The molecule has 1 amide bonds. The summed E-state index contributed by atoms with van der Waals surface area (Å²) in [5, 5.41) is 3.69. The van der Waals surface area contributed by atoms with Gasteiger partial charge in [-0.3, -0.25) is 9.48 Å². The highest BCUT2D eigenvalue weighted by Gasteiger charge is 2.25. The molecule has 2 rings (SSSR count). The molecule has 0 saturated carbocycles. The van der Waals surface area contributed by atoms with Crippen molar-refractivity contribution >= 4 is 17.5 Å². The molecule has 2 heterocycles. The van der Waals surface area contributed by atoms with E-state index >= 15 is 0 Å². The molecular weight excluding hydrogens is 242 g/mol. The SMILES string of the molecule is CC(Cl)C(=O)N1CCOCC(n2cccn2)C1. The van der Waals surface area contributed by atoms with Crippen LogP contribution in [0.2, 0.25) is 0 Å². The predicted octanol–water partition coefficient (Wildman–Crippen LogP) is 0.910. The van der Waals surface area contributed by atoms with E-state index in [-0.39, 0.29) is 11.9 Å². The van der Waals surface area contributed by atoms with Crippen molar-refractivity contribution in [1.82, 2.24) is 14.7 Å². The molecule has 1 saturated heterocycles. The molecule has 1 aromatic heterocycles. The summed E-state index contributed by atoms with van der Waals surface area (Å²) in [4.78, 5) is 13.6. The topological polar surface area (TPSA) is 47.4 Å². The number of carbonyl (C=O) groups is 1. The van der Waals surface area contributed by atoms with Crippen LogP contribution < -0.4 is 0 Å². The van der Waals surface area contributed by atoms with Gasteiger partial charge in [-0.15, -0.1) is 11.6 Å². The standard InChI is InChI=1S/C11H16ClN3O2/c1-9(12)11(16)14-5-6-17-8-10(7-14)15-4-2-3-13-15/h2-4,9-10H,5-8H2,1H3. The molecule has 2 atom stereocenters. The fraction of sp³-hybridized carbons (Fsp3) is 0.636. The lowest BCUT2D eigenvalue weighted by atomic mass is 10.2. The van der Waals surface area contributed by atoms with Crippen LogP contribution in [-0.2, 0) is 9.53 Å². The first-order valence-corrected chi connectivity index (χ1v) is 6.12. The average Bonchev–Trinajstić information content (AvgIpc) is 2.73. The number of amides is 1. The maximum absolute atomic E-state index is 11.9. The van der Waals surface area contributed by atoms with E-state index in [0.717, 1.165) is 0 Å². The monoisotopic (exact) mass is 257 g/mol. The maximum Gasteiger partial charge on any atom is 0.240 e. The second kappa shape index (κ2) is 5.51. The van der Waals surface area contributed by atoms with Gasteiger partial charge in [-0.1, -0.05) is 0 Å². The fourth-order valence-electron chi connectivity index (χ4n) is 1.90. The first-order valence-electron chi connectivity index (χ1n) is 5.68. The Labute approximate surface area is 105 Å². The smallest absolute Gasteiger partial charge is 0.240 e. The van der Waals surface area contributed by atoms with Crippen molar-refractivity contribution in [2.75, 3.05) is 26.3 Å². The second-order valence-corrected chi connectivity index (χ2v) is 4.77. The molecule has 0 N–H and O–H groups in total. The van der Waals surface area contributed by atoms with Crippen LogP contribution in [0.4, 0.5) is 0 Å². The van der Waals surface area contributed by atoms with Crippen molar-refractivity contribution in [3.8, 4) is 0 Å². The number of carbonyl (C=O) groups excluding carboxylic acids is 1. The highest BCUT2D eigenvalue weighted by Crippen LogP contribution is 2.14. The van der Waals surface area contributed by atoms with E-state index in [2.05, 4.69) is 5.10 Å². The number of nitrogens with zero attached hydrogens (tertiary/aromatic N) is 3. The van der Waals surface area contributed by atoms with E-state index in [1.165, 1.54) is 0 Å². The third-order valence-corrected chi connectivity index (χ3v) is 2.98. The third-order valence-electron chi connectivity index (χ3n) is 2.80. The molecular formula is C11H16ClN3O2. The molecule has 0 bridgehead atoms. The summed E-state index contributed by atoms with van der Waals surface area (Å²) < 4.78 is 7.32. The van der Waals surface area contributed by atoms with E-state index in [0.29, 0.717) is 26.3 Å². The van der Waals surface area contributed by atoms with Crippen LogP contribution in [0.15, 0.2) is 18.5 Å². The van der Waals surface area contributed by atoms with Crippen molar-refractivity contribution in [2.45, 2.75) is 18.3 Å². The average molecular weight is 258 g/mol. The second-order valence-electron chi connectivity index (χ2n) is 4.12. The highest BCUT2D eigenvalue weighted by atomic mass is 35.5. The summed E-state index contributed by atoms with van der Waals surface area (Å²) in [6.45, 7) is 4.00. The molecule has 1 aliphatic heterocycles. The number of hydrogen-bond acceptors (Lipinski definition) is 3. The van der Waals surface area contributed by atoms with Gasteiger partial charge >= 0.3 is 0 Å². The van der Waals surface area contributed by atoms with Crippen molar-refractivity contribution in [3.63, 3.8) is 0 Å². The number of rotatable bonds is 2. The summed E-state index contributed by atoms with van der Waals surface area (Å²) in [5.74, 6) is -0.0469. The molecule has 2 unspecified atom stereocenters. The Kier molecular flexibility index (Phi) is 4.02. The van der Waals surface area contributed by atoms with Crippen molar-refractivity contribution in [1.29, 1.82) is 0 Å². The van der Waals surface area contributed by atoms with Crippen LogP contribution in [-0.4, -0.2) is 52.3 Å². The first kappa shape index (κ1) is 12.4. The lowest BCUT2D eigenvalue weighted by molar-refractivity contribution is -0.130. The zero-order chi connectivity index (χ0) is 12.3. The van der Waals surface area contributed by atoms with Crippen LogP contribution >= 0.6 is 11.6 Å². The lowest BCUT2D eigenvalue weighted by Gasteiger charge is -2.24. The molecule has 0 spiro atoms. The summed E-state index contributed by atoms with van der Waals surface area (Å²) in [5.41, 5.74) is 0. The largest absolute Gasteiger partial charge is 0.377 e. The van der Waals surface area contributed by atoms with Gasteiger partial charge in [0.25, 0.3) is 0 Å². The van der Waals surface area contributed by atoms with Crippen LogP contribution in [0.1, 0.15) is 13.0 Å². The summed E-state index contributed by atoms with van der Waals surface area (Å²) >= 11 is 5.83. The van der Waals surface area contributed by atoms with Crippen LogP contribution in [0.25, 0.3) is 0 Å². The minimum atomic E-state index is -0.494. The van der Waals surface area contributed by atoms with Gasteiger partial charge in [-0.2, -0.15) is 5.10 Å². The van der Waals surface area contributed by atoms with Gasteiger partial charge in [0.1, 0.15) is 5.38 Å². The Bertz CT molecular complexity index is 367. The zero-order valence-electron chi connectivity index (χ0n) is 9.75. The molecule has 6 heteroatoms. The van der Waals surface area contributed by atoms with Crippen molar-refractivity contribution in [2.24, 2.45) is 0 Å². The first-order chi connectivity index (χ1) is 8.18. The number of aromatic nitrogens is 2. The molecule has 1 aromatic rings. The minimum absolute atomic E-state index is 0.0469.